The Morgan fingerprint density at radius 2 is 1.89 bits per heavy atom. The number of methoxy groups -OCH3 is 1. The highest BCUT2D eigenvalue weighted by molar-refractivity contribution is 9.10. The maximum absolute atomic E-state index is 5.49. The van der Waals surface area contributed by atoms with Crippen molar-refractivity contribution in [3.05, 3.63) is 53.1 Å². The molecule has 0 amide bonds. The fraction of sp³-hybridized carbons (Fsp3) is 0.0714. The van der Waals surface area contributed by atoms with Gasteiger partial charge in [0.05, 0.1) is 11.6 Å². The summed E-state index contributed by atoms with van der Waals surface area (Å²) in [4.78, 5) is 4.64. The molecule has 3 rings (SSSR count). The summed E-state index contributed by atoms with van der Waals surface area (Å²) in [7, 11) is 1.66. The Morgan fingerprint density at radius 3 is 2.61 bits per heavy atom. The van der Waals surface area contributed by atoms with Crippen molar-refractivity contribution >= 4 is 21.6 Å². The average Bonchev–Trinajstić information content (AvgIpc) is 2.80. The number of nitrogens with zero attached hydrogens (tertiary/aromatic N) is 2. The lowest BCUT2D eigenvalue weighted by Crippen LogP contribution is -1.91. The van der Waals surface area contributed by atoms with E-state index in [2.05, 4.69) is 20.9 Å². The van der Waals surface area contributed by atoms with Crippen molar-refractivity contribution in [1.29, 1.82) is 0 Å². The second-order valence-corrected chi connectivity index (χ2v) is 4.74. The molecule has 0 aliphatic carbocycles. The minimum atomic E-state index is 0.748. The van der Waals surface area contributed by atoms with Gasteiger partial charge >= 0.3 is 0 Å². The van der Waals surface area contributed by atoms with Crippen LogP contribution in [0.5, 0.6) is 5.88 Å². The molecule has 0 saturated carbocycles. The normalized spacial score (nSPS) is 10.8. The van der Waals surface area contributed by atoms with Gasteiger partial charge in [0.25, 0.3) is 0 Å². The minimum absolute atomic E-state index is 0.748. The third-order valence-corrected chi connectivity index (χ3v) is 3.42. The fourth-order valence-electron chi connectivity index (χ4n) is 1.99. The molecule has 3 aromatic rings. The van der Waals surface area contributed by atoms with Crippen molar-refractivity contribution in [3.8, 4) is 17.1 Å². The van der Waals surface area contributed by atoms with E-state index >= 15 is 0 Å². The Balaban J connectivity index is 2.33. The molecule has 0 saturated heterocycles. The molecule has 18 heavy (non-hydrogen) atoms. The first kappa shape index (κ1) is 11.3. The number of imidazole rings is 1. The topological polar surface area (TPSA) is 26.5 Å². The van der Waals surface area contributed by atoms with E-state index in [9.17, 15) is 0 Å². The number of hydrogen-bond acceptors (Lipinski definition) is 2. The molecule has 0 spiro atoms. The van der Waals surface area contributed by atoms with Gasteiger partial charge in [-0.25, -0.2) is 4.98 Å². The lowest BCUT2D eigenvalue weighted by Gasteiger charge is -2.02. The summed E-state index contributed by atoms with van der Waals surface area (Å²) in [6, 6.07) is 14.0. The highest BCUT2D eigenvalue weighted by Crippen LogP contribution is 2.32. The van der Waals surface area contributed by atoms with Crippen LogP contribution in [0.1, 0.15) is 0 Å². The Morgan fingerprint density at radius 1 is 1.11 bits per heavy atom. The number of pyridine rings is 1. The van der Waals surface area contributed by atoms with E-state index in [1.807, 2.05) is 53.1 Å². The second kappa shape index (κ2) is 4.46. The van der Waals surface area contributed by atoms with Gasteiger partial charge in [-0.05, 0) is 28.1 Å². The van der Waals surface area contributed by atoms with Gasteiger partial charge in [-0.15, -0.1) is 0 Å². The van der Waals surface area contributed by atoms with Gasteiger partial charge in [0.15, 0.2) is 5.65 Å². The summed E-state index contributed by atoms with van der Waals surface area (Å²) in [5, 5.41) is 0. The Labute approximate surface area is 113 Å². The first-order valence-electron chi connectivity index (χ1n) is 5.57. The van der Waals surface area contributed by atoms with E-state index in [-0.39, 0.29) is 0 Å². The molecule has 3 nitrogen and oxygen atoms in total. The van der Waals surface area contributed by atoms with Crippen LogP contribution >= 0.6 is 15.9 Å². The lowest BCUT2D eigenvalue weighted by atomic mass is 10.2. The van der Waals surface area contributed by atoms with Crippen molar-refractivity contribution in [2.45, 2.75) is 0 Å². The molecule has 0 N–H and O–H groups in total. The summed E-state index contributed by atoms with van der Waals surface area (Å²) in [5.74, 6) is 0.748. The lowest BCUT2D eigenvalue weighted by molar-refractivity contribution is 0.396. The average molecular weight is 303 g/mol. The molecule has 0 radical (unpaired) electrons. The van der Waals surface area contributed by atoms with E-state index in [4.69, 9.17) is 4.74 Å². The van der Waals surface area contributed by atoms with E-state index < -0.39 is 0 Å². The predicted octanol–water partition coefficient (Wildman–Crippen LogP) is 3.77. The highest BCUT2D eigenvalue weighted by atomic mass is 79.9. The Kier molecular flexibility index (Phi) is 2.80. The van der Waals surface area contributed by atoms with Gasteiger partial charge in [0, 0.05) is 11.8 Å². The zero-order valence-corrected chi connectivity index (χ0v) is 11.4. The summed E-state index contributed by atoms with van der Waals surface area (Å²) >= 11 is 3.51. The van der Waals surface area contributed by atoms with Gasteiger partial charge in [0.1, 0.15) is 5.69 Å². The van der Waals surface area contributed by atoms with Crippen molar-refractivity contribution in [3.63, 3.8) is 0 Å². The molecule has 90 valence electrons. The van der Waals surface area contributed by atoms with Crippen LogP contribution in [0.2, 0.25) is 0 Å². The van der Waals surface area contributed by atoms with Gasteiger partial charge in [-0.3, -0.25) is 4.40 Å². The van der Waals surface area contributed by atoms with Crippen LogP contribution in [0, 0.1) is 0 Å². The zero-order chi connectivity index (χ0) is 12.5. The molecule has 0 aliphatic heterocycles. The maximum atomic E-state index is 5.49. The van der Waals surface area contributed by atoms with Crippen molar-refractivity contribution < 1.29 is 4.74 Å². The first-order valence-corrected chi connectivity index (χ1v) is 6.36. The number of rotatable bonds is 2. The van der Waals surface area contributed by atoms with Gasteiger partial charge in [0.2, 0.25) is 5.88 Å². The molecule has 4 heteroatoms. The van der Waals surface area contributed by atoms with Crippen molar-refractivity contribution in [1.82, 2.24) is 9.38 Å². The molecule has 0 aliphatic rings. The maximum Gasteiger partial charge on any atom is 0.226 e. The van der Waals surface area contributed by atoms with E-state index in [0.717, 1.165) is 27.3 Å². The predicted molar refractivity (Wildman–Crippen MR) is 74.9 cm³/mol. The van der Waals surface area contributed by atoms with Crippen LogP contribution in [0.25, 0.3) is 16.9 Å². The van der Waals surface area contributed by atoms with Crippen LogP contribution in [0.3, 0.4) is 0 Å². The highest BCUT2D eigenvalue weighted by Gasteiger charge is 2.15. The summed E-state index contributed by atoms with van der Waals surface area (Å²) < 4.78 is 8.37. The molecule has 0 unspecified atom stereocenters. The van der Waals surface area contributed by atoms with Crippen LogP contribution in [-0.2, 0) is 0 Å². The zero-order valence-electron chi connectivity index (χ0n) is 9.80. The van der Waals surface area contributed by atoms with Crippen LogP contribution in [0.4, 0.5) is 0 Å². The molecule has 2 heterocycles. The fourth-order valence-corrected chi connectivity index (χ4v) is 2.42. The summed E-state index contributed by atoms with van der Waals surface area (Å²) in [6.45, 7) is 0. The Hall–Kier alpha value is -1.81. The molecule has 0 atom stereocenters. The van der Waals surface area contributed by atoms with E-state index in [1.165, 1.54) is 0 Å². The second-order valence-electron chi connectivity index (χ2n) is 3.89. The van der Waals surface area contributed by atoms with E-state index in [0.29, 0.717) is 0 Å². The third kappa shape index (κ3) is 1.69. The molecule has 2 aromatic heterocycles. The standard InChI is InChI=1S/C14H11BrN2O/c1-18-14-12(10-6-3-2-4-7-10)16-13-11(15)8-5-9-17(13)14/h2-9H,1H3. The number of ether oxygens (including phenoxy) is 1. The minimum Gasteiger partial charge on any atom is -0.480 e. The SMILES string of the molecule is COc1c(-c2ccccc2)nc2c(Br)cccn12. The quantitative estimate of drug-likeness (QED) is 0.720. The molecular weight excluding hydrogens is 292 g/mol. The monoisotopic (exact) mass is 302 g/mol. The number of hydrogen-bond donors (Lipinski definition) is 0. The van der Waals surface area contributed by atoms with Crippen LogP contribution in [-0.4, -0.2) is 16.5 Å². The largest absolute Gasteiger partial charge is 0.480 e. The number of halogens is 1. The van der Waals surface area contributed by atoms with Gasteiger partial charge < -0.3 is 4.74 Å². The van der Waals surface area contributed by atoms with Crippen molar-refractivity contribution in [2.24, 2.45) is 0 Å². The first-order chi connectivity index (χ1) is 8.81. The van der Waals surface area contributed by atoms with E-state index in [1.54, 1.807) is 7.11 Å². The smallest absolute Gasteiger partial charge is 0.226 e. The molecule has 0 bridgehead atoms. The third-order valence-electron chi connectivity index (χ3n) is 2.80. The summed E-state index contributed by atoms with van der Waals surface area (Å²) in [6.07, 6.45) is 1.94. The molecule has 1 aromatic carbocycles. The number of benzene rings is 1. The van der Waals surface area contributed by atoms with Crippen LogP contribution in [0.15, 0.2) is 53.1 Å². The number of aromatic nitrogens is 2. The summed E-state index contributed by atoms with van der Waals surface area (Å²) in [5.41, 5.74) is 2.75. The van der Waals surface area contributed by atoms with Crippen LogP contribution < -0.4 is 4.74 Å². The van der Waals surface area contributed by atoms with Gasteiger partial charge in [-0.1, -0.05) is 30.3 Å². The molecular formula is C14H11BrN2O. The Bertz CT molecular complexity index is 692. The number of fused-ring (bicyclic) bond motifs is 1. The molecule has 0 fully saturated rings. The van der Waals surface area contributed by atoms with Crippen molar-refractivity contribution in [2.75, 3.05) is 7.11 Å². The van der Waals surface area contributed by atoms with Gasteiger partial charge in [-0.2, -0.15) is 0 Å².